The first-order chi connectivity index (χ1) is 10.0. The van der Waals surface area contributed by atoms with Crippen molar-refractivity contribution in [3.05, 3.63) is 57.3 Å². The molecule has 0 amide bonds. The molecule has 0 saturated heterocycles. The van der Waals surface area contributed by atoms with Gasteiger partial charge in [0.1, 0.15) is 12.4 Å². The maximum atomic E-state index is 13.6. The van der Waals surface area contributed by atoms with Gasteiger partial charge in [-0.05, 0) is 24.3 Å². The Kier molecular flexibility index (Phi) is 5.04. The fourth-order valence-electron chi connectivity index (χ4n) is 1.79. The number of rotatable bonds is 5. The summed E-state index contributed by atoms with van der Waals surface area (Å²) in [6.07, 6.45) is 0.595. The monoisotopic (exact) mass is 328 g/mol. The molecular weight excluding hydrogens is 318 g/mol. The molecule has 0 aliphatic rings. The summed E-state index contributed by atoms with van der Waals surface area (Å²) in [6, 6.07) is 7.11. The van der Waals surface area contributed by atoms with Gasteiger partial charge in [0.25, 0.3) is 0 Å². The maximum Gasteiger partial charge on any atom is 0.172 e. The van der Waals surface area contributed by atoms with Gasteiger partial charge in [-0.25, -0.2) is 4.39 Å². The number of hydrogen-bond donors (Lipinski definition) is 0. The topological polar surface area (TPSA) is 35.5 Å². The van der Waals surface area contributed by atoms with Gasteiger partial charge in [-0.2, -0.15) is 0 Å². The Bertz CT molecular complexity index is 674. The average Bonchev–Trinajstić information content (AvgIpc) is 2.48. The van der Waals surface area contributed by atoms with Crippen LogP contribution in [-0.2, 0) is 6.61 Å². The van der Waals surface area contributed by atoms with Crippen molar-refractivity contribution in [2.75, 3.05) is 7.11 Å². The molecule has 0 heterocycles. The van der Waals surface area contributed by atoms with Gasteiger partial charge in [-0.3, -0.25) is 4.79 Å². The highest BCUT2D eigenvalue weighted by Gasteiger charge is 2.14. The Balaban J connectivity index is 2.31. The van der Waals surface area contributed by atoms with E-state index in [2.05, 4.69) is 0 Å². The standard InChI is InChI=1S/C15H11Cl2FO3/c1-20-14-6-12(17)4-9(7-19)15(14)21-8-10-5-11(16)2-3-13(10)18/h2-7H,8H2,1H3. The van der Waals surface area contributed by atoms with E-state index < -0.39 is 5.82 Å². The van der Waals surface area contributed by atoms with Crippen LogP contribution >= 0.6 is 23.2 Å². The zero-order chi connectivity index (χ0) is 15.4. The van der Waals surface area contributed by atoms with Crippen LogP contribution in [0.2, 0.25) is 10.0 Å². The van der Waals surface area contributed by atoms with Gasteiger partial charge in [0, 0.05) is 21.7 Å². The van der Waals surface area contributed by atoms with Crippen molar-refractivity contribution >= 4 is 29.5 Å². The number of carbonyl (C=O) groups is 1. The first-order valence-corrected chi connectivity index (χ1v) is 6.70. The molecule has 0 spiro atoms. The van der Waals surface area contributed by atoms with E-state index in [-0.39, 0.29) is 23.5 Å². The van der Waals surface area contributed by atoms with Crippen molar-refractivity contribution in [3.63, 3.8) is 0 Å². The Morgan fingerprint density at radius 3 is 2.62 bits per heavy atom. The molecule has 2 rings (SSSR count). The van der Waals surface area contributed by atoms with E-state index in [0.29, 0.717) is 22.1 Å². The van der Waals surface area contributed by atoms with Gasteiger partial charge in [-0.15, -0.1) is 0 Å². The van der Waals surface area contributed by atoms with E-state index in [1.165, 1.54) is 37.4 Å². The van der Waals surface area contributed by atoms with Crippen LogP contribution in [0.15, 0.2) is 30.3 Å². The molecule has 0 saturated carbocycles. The number of benzene rings is 2. The molecule has 3 nitrogen and oxygen atoms in total. The van der Waals surface area contributed by atoms with Gasteiger partial charge in [0.05, 0.1) is 12.7 Å². The van der Waals surface area contributed by atoms with Gasteiger partial charge in [-0.1, -0.05) is 23.2 Å². The molecule has 0 bridgehead atoms. The van der Waals surface area contributed by atoms with Gasteiger partial charge in [0.2, 0.25) is 0 Å². The molecular formula is C15H11Cl2FO3. The Hall–Kier alpha value is -1.78. The smallest absolute Gasteiger partial charge is 0.172 e. The third kappa shape index (κ3) is 3.65. The van der Waals surface area contributed by atoms with Crippen LogP contribution in [-0.4, -0.2) is 13.4 Å². The highest BCUT2D eigenvalue weighted by Crippen LogP contribution is 2.34. The summed E-state index contributed by atoms with van der Waals surface area (Å²) >= 11 is 11.7. The summed E-state index contributed by atoms with van der Waals surface area (Å²) in [7, 11) is 1.42. The molecule has 0 unspecified atom stereocenters. The molecule has 0 N–H and O–H groups in total. The minimum absolute atomic E-state index is 0.0920. The van der Waals surface area contributed by atoms with Crippen molar-refractivity contribution < 1.29 is 18.7 Å². The largest absolute Gasteiger partial charge is 0.493 e. The molecule has 0 aliphatic carbocycles. The number of ether oxygens (including phenoxy) is 2. The summed E-state index contributed by atoms with van der Waals surface area (Å²) in [5.41, 5.74) is 0.498. The number of methoxy groups -OCH3 is 1. The summed E-state index contributed by atoms with van der Waals surface area (Å²) in [4.78, 5) is 11.1. The number of hydrogen-bond acceptors (Lipinski definition) is 3. The van der Waals surface area contributed by atoms with Gasteiger partial charge >= 0.3 is 0 Å². The summed E-state index contributed by atoms with van der Waals surface area (Å²) in [6.45, 7) is -0.0920. The van der Waals surface area contributed by atoms with E-state index in [9.17, 15) is 9.18 Å². The van der Waals surface area contributed by atoms with Crippen LogP contribution < -0.4 is 9.47 Å². The first kappa shape index (κ1) is 15.6. The Morgan fingerprint density at radius 2 is 1.95 bits per heavy atom. The zero-order valence-electron chi connectivity index (χ0n) is 11.0. The zero-order valence-corrected chi connectivity index (χ0v) is 12.5. The molecule has 110 valence electrons. The summed E-state index contributed by atoms with van der Waals surface area (Å²) in [5, 5.41) is 0.740. The van der Waals surface area contributed by atoms with E-state index in [0.717, 1.165) is 0 Å². The predicted molar refractivity (Wildman–Crippen MR) is 79.1 cm³/mol. The van der Waals surface area contributed by atoms with Crippen LogP contribution in [0.4, 0.5) is 4.39 Å². The second-order valence-electron chi connectivity index (χ2n) is 4.17. The lowest BCUT2D eigenvalue weighted by molar-refractivity contribution is 0.111. The molecule has 0 atom stereocenters. The fraction of sp³-hybridized carbons (Fsp3) is 0.133. The van der Waals surface area contributed by atoms with Crippen molar-refractivity contribution in [2.24, 2.45) is 0 Å². The molecule has 2 aromatic carbocycles. The SMILES string of the molecule is COc1cc(Cl)cc(C=O)c1OCc1cc(Cl)ccc1F. The molecule has 0 aliphatic heterocycles. The average molecular weight is 329 g/mol. The van der Waals surface area contributed by atoms with E-state index in [4.69, 9.17) is 32.7 Å². The molecule has 0 fully saturated rings. The van der Waals surface area contributed by atoms with Gasteiger partial charge < -0.3 is 9.47 Å². The first-order valence-electron chi connectivity index (χ1n) is 5.94. The fourth-order valence-corrected chi connectivity index (χ4v) is 2.20. The van der Waals surface area contributed by atoms with E-state index in [1.54, 1.807) is 0 Å². The summed E-state index contributed by atoms with van der Waals surface area (Å²) in [5.74, 6) is 0.0586. The lowest BCUT2D eigenvalue weighted by atomic mass is 10.2. The van der Waals surface area contributed by atoms with Crippen molar-refractivity contribution in [3.8, 4) is 11.5 Å². The number of carbonyl (C=O) groups excluding carboxylic acids is 1. The lowest BCUT2D eigenvalue weighted by Gasteiger charge is -2.13. The maximum absolute atomic E-state index is 13.6. The van der Waals surface area contributed by atoms with Crippen LogP contribution in [0.5, 0.6) is 11.5 Å². The second-order valence-corrected chi connectivity index (χ2v) is 5.04. The minimum Gasteiger partial charge on any atom is -0.493 e. The van der Waals surface area contributed by atoms with Crippen LogP contribution in [0, 0.1) is 5.82 Å². The predicted octanol–water partition coefficient (Wildman–Crippen LogP) is 4.53. The minimum atomic E-state index is -0.444. The number of halogens is 3. The highest BCUT2D eigenvalue weighted by molar-refractivity contribution is 6.31. The molecule has 0 radical (unpaired) electrons. The third-order valence-electron chi connectivity index (χ3n) is 2.78. The molecule has 21 heavy (non-hydrogen) atoms. The highest BCUT2D eigenvalue weighted by atomic mass is 35.5. The third-order valence-corrected chi connectivity index (χ3v) is 3.23. The molecule has 6 heteroatoms. The Morgan fingerprint density at radius 1 is 1.19 bits per heavy atom. The lowest BCUT2D eigenvalue weighted by Crippen LogP contribution is -2.02. The number of aldehydes is 1. The van der Waals surface area contributed by atoms with Crippen LogP contribution in [0.1, 0.15) is 15.9 Å². The second kappa shape index (κ2) is 6.78. The normalized spacial score (nSPS) is 10.3. The van der Waals surface area contributed by atoms with Crippen LogP contribution in [0.3, 0.4) is 0 Å². The van der Waals surface area contributed by atoms with Crippen LogP contribution in [0.25, 0.3) is 0 Å². The Labute approximate surface area is 131 Å². The van der Waals surface area contributed by atoms with Crippen molar-refractivity contribution in [1.29, 1.82) is 0 Å². The summed E-state index contributed by atoms with van der Waals surface area (Å²) < 4.78 is 24.3. The molecule has 2 aromatic rings. The van der Waals surface area contributed by atoms with E-state index in [1.807, 2.05) is 0 Å². The van der Waals surface area contributed by atoms with Gasteiger partial charge in [0.15, 0.2) is 17.8 Å². The quantitative estimate of drug-likeness (QED) is 0.756. The van der Waals surface area contributed by atoms with Crippen molar-refractivity contribution in [1.82, 2.24) is 0 Å². The molecule has 0 aromatic heterocycles. The van der Waals surface area contributed by atoms with E-state index >= 15 is 0 Å². The van der Waals surface area contributed by atoms with Crippen molar-refractivity contribution in [2.45, 2.75) is 6.61 Å².